The molecule has 2 N–H and O–H groups in total. The Morgan fingerprint density at radius 1 is 1.25 bits per heavy atom. The van der Waals surface area contributed by atoms with Crippen LogP contribution in [0.1, 0.15) is 6.42 Å². The fourth-order valence-corrected chi connectivity index (χ4v) is 1.10. The summed E-state index contributed by atoms with van der Waals surface area (Å²) in [4.78, 5) is 22.6. The van der Waals surface area contributed by atoms with Gasteiger partial charge in [0.15, 0.2) is 0 Å². The van der Waals surface area contributed by atoms with Crippen molar-refractivity contribution in [1.29, 1.82) is 0 Å². The standard InChI is InChI=1S/C12H14N2O2/c1-9(8-11(15)13-2)12(16)14-10-6-4-3-5-7-10/h3-7H,1,8H2,2H3,(H,13,15)(H,14,16). The summed E-state index contributed by atoms with van der Waals surface area (Å²) in [5.74, 6) is -0.567. The highest BCUT2D eigenvalue weighted by molar-refractivity contribution is 6.06. The van der Waals surface area contributed by atoms with Gasteiger partial charge in [0.25, 0.3) is 5.91 Å². The monoisotopic (exact) mass is 218 g/mol. The van der Waals surface area contributed by atoms with Crippen LogP contribution in [0.25, 0.3) is 0 Å². The van der Waals surface area contributed by atoms with Gasteiger partial charge >= 0.3 is 0 Å². The van der Waals surface area contributed by atoms with Gasteiger partial charge in [-0.1, -0.05) is 24.8 Å². The second-order valence-electron chi connectivity index (χ2n) is 3.27. The van der Waals surface area contributed by atoms with Crippen LogP contribution in [0.4, 0.5) is 5.69 Å². The Labute approximate surface area is 94.4 Å². The Hall–Kier alpha value is -2.10. The molecule has 0 aliphatic heterocycles. The van der Waals surface area contributed by atoms with Gasteiger partial charge in [-0.2, -0.15) is 0 Å². The van der Waals surface area contributed by atoms with E-state index in [-0.39, 0.29) is 23.8 Å². The third-order valence-corrected chi connectivity index (χ3v) is 2.01. The predicted octanol–water partition coefficient (Wildman–Crippen LogP) is 1.32. The van der Waals surface area contributed by atoms with Crippen molar-refractivity contribution >= 4 is 17.5 Å². The van der Waals surface area contributed by atoms with Crippen molar-refractivity contribution in [2.75, 3.05) is 12.4 Å². The lowest BCUT2D eigenvalue weighted by Crippen LogP contribution is -2.22. The van der Waals surface area contributed by atoms with Crippen molar-refractivity contribution in [2.45, 2.75) is 6.42 Å². The summed E-state index contributed by atoms with van der Waals surface area (Å²) in [6, 6.07) is 9.03. The van der Waals surface area contributed by atoms with Crippen LogP contribution in [-0.4, -0.2) is 18.9 Å². The van der Waals surface area contributed by atoms with Gasteiger partial charge in [0, 0.05) is 18.3 Å². The molecule has 4 nitrogen and oxygen atoms in total. The number of carbonyl (C=O) groups is 2. The van der Waals surface area contributed by atoms with E-state index in [1.807, 2.05) is 18.2 Å². The number of hydrogen-bond acceptors (Lipinski definition) is 2. The molecular formula is C12H14N2O2. The van der Waals surface area contributed by atoms with Crippen molar-refractivity contribution in [1.82, 2.24) is 5.32 Å². The molecule has 0 aromatic heterocycles. The van der Waals surface area contributed by atoms with Crippen LogP contribution in [0.2, 0.25) is 0 Å². The summed E-state index contributed by atoms with van der Waals surface area (Å²) >= 11 is 0. The van der Waals surface area contributed by atoms with Crippen LogP contribution in [-0.2, 0) is 9.59 Å². The first-order chi connectivity index (χ1) is 7.63. The molecular weight excluding hydrogens is 204 g/mol. The molecule has 0 atom stereocenters. The first kappa shape index (κ1) is 12.0. The number of benzene rings is 1. The van der Waals surface area contributed by atoms with Crippen LogP contribution in [0.3, 0.4) is 0 Å². The number of para-hydroxylation sites is 1. The average molecular weight is 218 g/mol. The van der Waals surface area contributed by atoms with Gasteiger partial charge in [0.1, 0.15) is 0 Å². The molecule has 0 fully saturated rings. The van der Waals surface area contributed by atoms with Gasteiger partial charge in [-0.15, -0.1) is 0 Å². The Kier molecular flexibility index (Phi) is 4.27. The molecule has 4 heteroatoms. The molecule has 16 heavy (non-hydrogen) atoms. The highest BCUT2D eigenvalue weighted by atomic mass is 16.2. The van der Waals surface area contributed by atoms with Gasteiger partial charge in [0.2, 0.25) is 5.91 Å². The third-order valence-electron chi connectivity index (χ3n) is 2.01. The highest BCUT2D eigenvalue weighted by Gasteiger charge is 2.10. The van der Waals surface area contributed by atoms with Crippen molar-refractivity contribution in [2.24, 2.45) is 0 Å². The topological polar surface area (TPSA) is 58.2 Å². The van der Waals surface area contributed by atoms with E-state index in [4.69, 9.17) is 0 Å². The van der Waals surface area contributed by atoms with E-state index >= 15 is 0 Å². The Morgan fingerprint density at radius 3 is 2.44 bits per heavy atom. The number of rotatable bonds is 4. The molecule has 0 unspecified atom stereocenters. The summed E-state index contributed by atoms with van der Waals surface area (Å²) in [6.07, 6.45) is 0.00909. The minimum atomic E-state index is -0.338. The largest absolute Gasteiger partial charge is 0.359 e. The Bertz CT molecular complexity index is 399. The van der Waals surface area contributed by atoms with Crippen LogP contribution in [0, 0.1) is 0 Å². The molecule has 2 amide bonds. The van der Waals surface area contributed by atoms with E-state index in [2.05, 4.69) is 17.2 Å². The normalized spacial score (nSPS) is 9.31. The Balaban J connectivity index is 2.53. The number of hydrogen-bond donors (Lipinski definition) is 2. The van der Waals surface area contributed by atoms with Crippen molar-refractivity contribution < 1.29 is 9.59 Å². The summed E-state index contributed by atoms with van der Waals surface area (Å²) in [7, 11) is 1.52. The number of anilines is 1. The SMILES string of the molecule is C=C(CC(=O)NC)C(=O)Nc1ccccc1. The first-order valence-corrected chi connectivity index (χ1v) is 4.88. The van der Waals surface area contributed by atoms with E-state index < -0.39 is 0 Å². The van der Waals surface area contributed by atoms with E-state index in [0.29, 0.717) is 5.69 Å². The van der Waals surface area contributed by atoms with Gasteiger partial charge in [-0.25, -0.2) is 0 Å². The van der Waals surface area contributed by atoms with Crippen LogP contribution in [0.5, 0.6) is 0 Å². The Morgan fingerprint density at radius 2 is 1.88 bits per heavy atom. The summed E-state index contributed by atoms with van der Waals surface area (Å²) < 4.78 is 0. The second-order valence-corrected chi connectivity index (χ2v) is 3.27. The first-order valence-electron chi connectivity index (χ1n) is 4.88. The summed E-state index contributed by atoms with van der Waals surface area (Å²) in [5, 5.41) is 5.09. The minimum absolute atomic E-state index is 0.00909. The summed E-state index contributed by atoms with van der Waals surface area (Å²) in [5.41, 5.74) is 0.925. The molecule has 0 radical (unpaired) electrons. The molecule has 0 saturated heterocycles. The van der Waals surface area contributed by atoms with E-state index in [0.717, 1.165) is 0 Å². The van der Waals surface area contributed by atoms with Gasteiger partial charge in [-0.3, -0.25) is 9.59 Å². The van der Waals surface area contributed by atoms with Gasteiger partial charge in [0.05, 0.1) is 6.42 Å². The molecule has 0 spiro atoms. The fraction of sp³-hybridized carbons (Fsp3) is 0.167. The van der Waals surface area contributed by atoms with Crippen LogP contribution in [0.15, 0.2) is 42.5 Å². The molecule has 0 saturated carbocycles. The van der Waals surface area contributed by atoms with Crippen LogP contribution >= 0.6 is 0 Å². The van der Waals surface area contributed by atoms with Gasteiger partial charge < -0.3 is 10.6 Å². The average Bonchev–Trinajstić information content (AvgIpc) is 2.30. The maximum absolute atomic E-state index is 11.6. The molecule has 84 valence electrons. The second kappa shape index (κ2) is 5.70. The lowest BCUT2D eigenvalue weighted by Gasteiger charge is -2.06. The van der Waals surface area contributed by atoms with Gasteiger partial charge in [-0.05, 0) is 12.1 Å². The van der Waals surface area contributed by atoms with Crippen LogP contribution < -0.4 is 10.6 Å². The lowest BCUT2D eigenvalue weighted by molar-refractivity contribution is -0.121. The zero-order chi connectivity index (χ0) is 12.0. The minimum Gasteiger partial charge on any atom is -0.359 e. The van der Waals surface area contributed by atoms with Crippen molar-refractivity contribution in [3.8, 4) is 0 Å². The smallest absolute Gasteiger partial charge is 0.251 e. The van der Waals surface area contributed by atoms with E-state index in [9.17, 15) is 9.59 Å². The summed E-state index contributed by atoms with van der Waals surface area (Å²) in [6.45, 7) is 3.57. The molecule has 1 aromatic carbocycles. The molecule has 1 aromatic rings. The molecule has 0 aliphatic carbocycles. The maximum atomic E-state index is 11.6. The molecule has 0 bridgehead atoms. The third kappa shape index (κ3) is 3.57. The highest BCUT2D eigenvalue weighted by Crippen LogP contribution is 2.08. The van der Waals surface area contributed by atoms with Crippen molar-refractivity contribution in [3.05, 3.63) is 42.5 Å². The zero-order valence-electron chi connectivity index (χ0n) is 9.12. The maximum Gasteiger partial charge on any atom is 0.251 e. The number of carbonyl (C=O) groups excluding carboxylic acids is 2. The lowest BCUT2D eigenvalue weighted by atomic mass is 10.2. The van der Waals surface area contributed by atoms with E-state index in [1.54, 1.807) is 12.1 Å². The van der Waals surface area contributed by atoms with E-state index in [1.165, 1.54) is 7.05 Å². The molecule has 0 aliphatic rings. The molecule has 1 rings (SSSR count). The molecule has 0 heterocycles. The number of nitrogens with one attached hydrogen (secondary N) is 2. The zero-order valence-corrected chi connectivity index (χ0v) is 9.12. The van der Waals surface area contributed by atoms with Crippen molar-refractivity contribution in [3.63, 3.8) is 0 Å². The fourth-order valence-electron chi connectivity index (χ4n) is 1.10. The number of amides is 2. The quantitative estimate of drug-likeness (QED) is 0.749. The predicted molar refractivity (Wildman–Crippen MR) is 62.9 cm³/mol.